The zero-order valence-corrected chi connectivity index (χ0v) is 16.0. The lowest BCUT2D eigenvalue weighted by atomic mass is 10.0. The van der Waals surface area contributed by atoms with Gasteiger partial charge in [0, 0.05) is 29.6 Å². The van der Waals surface area contributed by atoms with Gasteiger partial charge in [-0.1, -0.05) is 12.1 Å². The lowest BCUT2D eigenvalue weighted by Crippen LogP contribution is -2.10. The molecule has 6 nitrogen and oxygen atoms in total. The van der Waals surface area contributed by atoms with Crippen molar-refractivity contribution in [2.45, 2.75) is 33.8 Å². The molecule has 0 aliphatic rings. The maximum Gasteiger partial charge on any atom is 0.336 e. The number of benzene rings is 2. The van der Waals surface area contributed by atoms with Crippen molar-refractivity contribution in [1.29, 1.82) is 0 Å². The summed E-state index contributed by atoms with van der Waals surface area (Å²) in [6.07, 6.45) is 0.0951. The van der Waals surface area contributed by atoms with Crippen LogP contribution in [0.25, 0.3) is 11.0 Å². The van der Waals surface area contributed by atoms with E-state index in [1.165, 1.54) is 13.0 Å². The third-order valence-corrected chi connectivity index (χ3v) is 4.46. The predicted octanol–water partition coefficient (Wildman–Crippen LogP) is 3.65. The van der Waals surface area contributed by atoms with E-state index >= 15 is 0 Å². The average Bonchev–Trinajstić information content (AvgIpc) is 2.62. The number of fused-ring (bicyclic) bond motifs is 1. The van der Waals surface area contributed by atoms with Crippen molar-refractivity contribution in [2.75, 3.05) is 5.32 Å². The number of hydrogen-bond acceptors (Lipinski definition) is 5. The molecule has 144 valence electrons. The molecule has 3 rings (SSSR count). The molecule has 1 amide bonds. The first-order valence-corrected chi connectivity index (χ1v) is 8.88. The Morgan fingerprint density at radius 1 is 1.04 bits per heavy atom. The zero-order chi connectivity index (χ0) is 20.3. The molecule has 1 heterocycles. The number of carbonyl (C=O) groups excluding carboxylic acids is 2. The molecule has 0 bridgehead atoms. The van der Waals surface area contributed by atoms with Crippen LogP contribution in [0.2, 0.25) is 0 Å². The van der Waals surface area contributed by atoms with Crippen molar-refractivity contribution in [3.05, 3.63) is 75.1 Å². The van der Waals surface area contributed by atoms with Crippen molar-refractivity contribution in [2.24, 2.45) is 0 Å². The number of hydrogen-bond donors (Lipinski definition) is 1. The fourth-order valence-electron chi connectivity index (χ4n) is 2.89. The average molecular weight is 379 g/mol. The van der Waals surface area contributed by atoms with Crippen LogP contribution >= 0.6 is 0 Å². The Labute approximate surface area is 162 Å². The van der Waals surface area contributed by atoms with Crippen LogP contribution in [-0.2, 0) is 27.4 Å². The SMILES string of the molecule is CC(=O)Nc1ccc(CC(=O)OCc2cc(=O)oc3cc(C)c(C)cc23)cc1. The monoisotopic (exact) mass is 379 g/mol. The zero-order valence-electron chi connectivity index (χ0n) is 16.0. The molecule has 0 unspecified atom stereocenters. The van der Waals surface area contributed by atoms with Crippen LogP contribution in [0.3, 0.4) is 0 Å². The summed E-state index contributed by atoms with van der Waals surface area (Å²) < 4.78 is 10.6. The second kappa shape index (κ2) is 8.08. The van der Waals surface area contributed by atoms with Crippen LogP contribution in [0.5, 0.6) is 0 Å². The minimum atomic E-state index is -0.477. The number of anilines is 1. The van der Waals surface area contributed by atoms with E-state index in [-0.39, 0.29) is 18.9 Å². The molecule has 0 atom stereocenters. The summed E-state index contributed by atoms with van der Waals surface area (Å²) >= 11 is 0. The maximum absolute atomic E-state index is 12.2. The number of amides is 1. The highest BCUT2D eigenvalue weighted by atomic mass is 16.5. The van der Waals surface area contributed by atoms with Crippen LogP contribution in [0.4, 0.5) is 5.69 Å². The first-order chi connectivity index (χ1) is 13.3. The molecule has 1 N–H and O–H groups in total. The molecule has 0 aliphatic carbocycles. The lowest BCUT2D eigenvalue weighted by molar-refractivity contribution is -0.144. The van der Waals surface area contributed by atoms with Crippen LogP contribution in [0.1, 0.15) is 29.2 Å². The Morgan fingerprint density at radius 3 is 2.39 bits per heavy atom. The standard InChI is InChI=1S/C22H21NO5/c1-13-8-19-17(11-22(26)28-20(19)9-14(13)2)12-27-21(25)10-16-4-6-18(7-5-16)23-15(3)24/h4-9,11H,10,12H2,1-3H3,(H,23,24). The Bertz CT molecular complexity index is 1100. The van der Waals surface area contributed by atoms with Gasteiger partial charge in [0.1, 0.15) is 12.2 Å². The third-order valence-electron chi connectivity index (χ3n) is 4.46. The van der Waals surface area contributed by atoms with E-state index < -0.39 is 11.6 Å². The first-order valence-electron chi connectivity index (χ1n) is 8.88. The van der Waals surface area contributed by atoms with Gasteiger partial charge in [-0.15, -0.1) is 0 Å². The molecular formula is C22H21NO5. The van der Waals surface area contributed by atoms with Crippen molar-refractivity contribution in [1.82, 2.24) is 0 Å². The number of rotatable bonds is 5. The maximum atomic E-state index is 12.2. The molecule has 28 heavy (non-hydrogen) atoms. The van der Waals surface area contributed by atoms with E-state index in [1.54, 1.807) is 24.3 Å². The fraction of sp³-hybridized carbons (Fsp3) is 0.227. The summed E-state index contributed by atoms with van der Waals surface area (Å²) in [5.74, 6) is -0.561. The highest BCUT2D eigenvalue weighted by molar-refractivity contribution is 5.88. The highest BCUT2D eigenvalue weighted by Gasteiger charge is 2.11. The van der Waals surface area contributed by atoms with Gasteiger partial charge < -0.3 is 14.5 Å². The summed E-state index contributed by atoms with van der Waals surface area (Å²) in [4.78, 5) is 35.0. The summed E-state index contributed by atoms with van der Waals surface area (Å²) in [5, 5.41) is 3.43. The molecule has 6 heteroatoms. The summed E-state index contributed by atoms with van der Waals surface area (Å²) in [5.41, 5.74) is 4.13. The number of nitrogens with one attached hydrogen (secondary N) is 1. The second-order valence-corrected chi connectivity index (χ2v) is 6.74. The summed E-state index contributed by atoms with van der Waals surface area (Å²) in [6.45, 7) is 5.34. The van der Waals surface area contributed by atoms with Crippen LogP contribution < -0.4 is 10.9 Å². The molecule has 0 fully saturated rings. The van der Waals surface area contributed by atoms with Crippen LogP contribution in [0, 0.1) is 13.8 Å². The largest absolute Gasteiger partial charge is 0.461 e. The molecule has 0 spiro atoms. The van der Waals surface area contributed by atoms with Gasteiger partial charge >= 0.3 is 11.6 Å². The first kappa shape index (κ1) is 19.4. The van der Waals surface area contributed by atoms with E-state index in [0.717, 1.165) is 22.1 Å². The predicted molar refractivity (Wildman–Crippen MR) is 106 cm³/mol. The minimum Gasteiger partial charge on any atom is -0.461 e. The van der Waals surface area contributed by atoms with Crippen LogP contribution in [-0.4, -0.2) is 11.9 Å². The van der Waals surface area contributed by atoms with E-state index in [1.807, 2.05) is 26.0 Å². The van der Waals surface area contributed by atoms with Crippen molar-refractivity contribution in [3.8, 4) is 0 Å². The Balaban J connectivity index is 1.70. The van der Waals surface area contributed by atoms with E-state index in [4.69, 9.17) is 9.15 Å². The van der Waals surface area contributed by atoms with Gasteiger partial charge in [-0.05, 0) is 54.8 Å². The quantitative estimate of drug-likeness (QED) is 0.540. The number of ether oxygens (including phenoxy) is 1. The fourth-order valence-corrected chi connectivity index (χ4v) is 2.89. The van der Waals surface area contributed by atoms with Gasteiger partial charge in [0.15, 0.2) is 0 Å². The molecule has 3 aromatic rings. The highest BCUT2D eigenvalue weighted by Crippen LogP contribution is 2.22. The second-order valence-electron chi connectivity index (χ2n) is 6.74. The van der Waals surface area contributed by atoms with Crippen molar-refractivity contribution < 1.29 is 18.7 Å². The molecule has 0 aliphatic heterocycles. The van der Waals surface area contributed by atoms with Crippen molar-refractivity contribution in [3.63, 3.8) is 0 Å². The van der Waals surface area contributed by atoms with E-state index in [0.29, 0.717) is 16.8 Å². The minimum absolute atomic E-state index is 0.00654. The number of aryl methyl sites for hydroxylation is 2. The van der Waals surface area contributed by atoms with Gasteiger partial charge in [-0.3, -0.25) is 9.59 Å². The third kappa shape index (κ3) is 4.65. The van der Waals surface area contributed by atoms with E-state index in [9.17, 15) is 14.4 Å². The van der Waals surface area contributed by atoms with Gasteiger partial charge in [0.2, 0.25) is 5.91 Å². The molecule has 0 saturated carbocycles. The Morgan fingerprint density at radius 2 is 1.71 bits per heavy atom. The molecule has 0 radical (unpaired) electrons. The lowest BCUT2D eigenvalue weighted by Gasteiger charge is -2.09. The van der Waals surface area contributed by atoms with E-state index in [2.05, 4.69) is 5.32 Å². The number of esters is 1. The normalized spacial score (nSPS) is 10.7. The van der Waals surface area contributed by atoms with Gasteiger partial charge in [0.25, 0.3) is 0 Å². The molecular weight excluding hydrogens is 358 g/mol. The smallest absolute Gasteiger partial charge is 0.336 e. The Hall–Kier alpha value is -3.41. The molecule has 2 aromatic carbocycles. The van der Waals surface area contributed by atoms with Crippen molar-refractivity contribution >= 4 is 28.5 Å². The topological polar surface area (TPSA) is 85.6 Å². The summed E-state index contributed by atoms with van der Waals surface area (Å²) in [6, 6.07) is 12.1. The molecule has 0 saturated heterocycles. The number of carbonyl (C=O) groups is 2. The van der Waals surface area contributed by atoms with Gasteiger partial charge in [-0.25, -0.2) is 4.79 Å². The van der Waals surface area contributed by atoms with Gasteiger partial charge in [0.05, 0.1) is 6.42 Å². The summed E-state index contributed by atoms with van der Waals surface area (Å²) in [7, 11) is 0. The molecule has 1 aromatic heterocycles. The van der Waals surface area contributed by atoms with Crippen LogP contribution in [0.15, 0.2) is 51.7 Å². The van der Waals surface area contributed by atoms with Gasteiger partial charge in [-0.2, -0.15) is 0 Å². The Kier molecular flexibility index (Phi) is 5.59.